The molecular formula is C55H70N8S5+6. The van der Waals surface area contributed by atoms with Gasteiger partial charge >= 0.3 is 0 Å². The van der Waals surface area contributed by atoms with Gasteiger partial charge in [0.2, 0.25) is 16.5 Å². The van der Waals surface area contributed by atoms with Crippen LogP contribution in [0.3, 0.4) is 0 Å². The second-order valence-corrected chi connectivity index (χ2v) is 20.3. The minimum Gasteiger partial charge on any atom is -0.233 e. The van der Waals surface area contributed by atoms with Crippen molar-refractivity contribution in [3.63, 3.8) is 0 Å². The molecule has 0 amide bonds. The van der Waals surface area contributed by atoms with Gasteiger partial charge in [-0.2, -0.15) is 49.0 Å². The predicted molar refractivity (Wildman–Crippen MR) is 290 cm³/mol. The monoisotopic (exact) mass is 1000 g/mol. The molecule has 8 nitrogen and oxygen atoms in total. The molecule has 68 heavy (non-hydrogen) atoms. The maximum Gasteiger partial charge on any atom is 0.286 e. The summed E-state index contributed by atoms with van der Waals surface area (Å²) < 4.78 is 13.2. The fourth-order valence-corrected chi connectivity index (χ4v) is 11.2. The summed E-state index contributed by atoms with van der Waals surface area (Å²) in [7, 11) is 0. The first-order valence-corrected chi connectivity index (χ1v) is 27.2. The second kappa shape index (κ2) is 32.4. The number of hydrogen-bond donors (Lipinski definition) is 0. The van der Waals surface area contributed by atoms with Gasteiger partial charge in [-0.3, -0.25) is 0 Å². The highest BCUT2D eigenvalue weighted by Gasteiger charge is 2.08. The lowest BCUT2D eigenvalue weighted by atomic mass is 10.1. The van der Waals surface area contributed by atoms with E-state index in [1.54, 1.807) is 35.1 Å². The van der Waals surface area contributed by atoms with Crippen LogP contribution < -0.4 is 27.4 Å². The van der Waals surface area contributed by atoms with Crippen molar-refractivity contribution in [1.29, 1.82) is 0 Å². The minimum atomic E-state index is 0. The largest absolute Gasteiger partial charge is 0.286 e. The van der Waals surface area contributed by atoms with E-state index in [4.69, 9.17) is 0 Å². The van der Waals surface area contributed by atoms with Gasteiger partial charge in [0.25, 0.3) is 12.7 Å². The van der Waals surface area contributed by atoms with Crippen molar-refractivity contribution in [2.75, 3.05) is 34.5 Å². The van der Waals surface area contributed by atoms with Gasteiger partial charge < -0.3 is 0 Å². The normalized spacial score (nSPS) is 10.3. The summed E-state index contributed by atoms with van der Waals surface area (Å²) in [5.41, 5.74) is 10.8. The number of rotatable bonds is 20. The van der Waals surface area contributed by atoms with E-state index in [9.17, 15) is 0 Å². The zero-order valence-corrected chi connectivity index (χ0v) is 40.8. The van der Waals surface area contributed by atoms with Crippen LogP contribution in [0.5, 0.6) is 0 Å². The Balaban J connectivity index is 0.000000222. The molecule has 13 heteroatoms. The molecule has 0 saturated heterocycles. The Morgan fingerprint density at radius 2 is 0.824 bits per heavy atom. The zero-order valence-electron chi connectivity index (χ0n) is 36.7. The number of nitrogens with zero attached hydrogens (tertiary/aromatic N) is 8. The van der Waals surface area contributed by atoms with Crippen LogP contribution in [-0.4, -0.2) is 44.5 Å². The van der Waals surface area contributed by atoms with E-state index in [0.717, 1.165) is 39.3 Å². The third-order valence-electron chi connectivity index (χ3n) is 10.2. The summed E-state index contributed by atoms with van der Waals surface area (Å²) in [5.74, 6) is 7.42. The number of hydrogen-bond acceptors (Lipinski definition) is 7. The topological polar surface area (TPSA) is 49.1 Å². The van der Waals surface area contributed by atoms with Crippen molar-refractivity contribution in [2.24, 2.45) is 0 Å². The van der Waals surface area contributed by atoms with Crippen LogP contribution in [-0.2, 0) is 39.3 Å². The number of benzene rings is 3. The summed E-state index contributed by atoms with van der Waals surface area (Å²) in [5, 5.41) is 5.52. The molecule has 0 spiro atoms. The number of aryl methyl sites for hydroxylation is 2. The van der Waals surface area contributed by atoms with Crippen LogP contribution >= 0.6 is 58.0 Å². The van der Waals surface area contributed by atoms with Crippen LogP contribution in [0.25, 0.3) is 10.9 Å². The molecule has 0 fully saturated rings. The molecule has 9 rings (SSSR count). The zero-order chi connectivity index (χ0) is 44.4. The summed E-state index contributed by atoms with van der Waals surface area (Å²) in [6.07, 6.45) is 22.0. The van der Waals surface area contributed by atoms with E-state index in [1.807, 2.05) is 37.2 Å². The Hall–Kier alpha value is -5.31. The first kappa shape index (κ1) is 55.3. The maximum atomic E-state index is 4.11. The second-order valence-electron chi connectivity index (χ2n) is 15.1. The van der Waals surface area contributed by atoms with Gasteiger partial charge in [0.15, 0.2) is 57.2 Å². The van der Waals surface area contributed by atoms with Gasteiger partial charge in [0.1, 0.15) is 25.5 Å². The Kier molecular flexibility index (Phi) is 26.4. The first-order chi connectivity index (χ1) is 32.2. The van der Waals surface area contributed by atoms with Gasteiger partial charge in [0.05, 0.1) is 34.7 Å². The molecule has 0 radical (unpaired) electrons. The quantitative estimate of drug-likeness (QED) is 0.0563. The lowest BCUT2D eigenvalue weighted by Gasteiger charge is -2.03. The van der Waals surface area contributed by atoms with Gasteiger partial charge in [-0.25, -0.2) is 13.7 Å². The van der Waals surface area contributed by atoms with Gasteiger partial charge in [-0.05, 0) is 23.3 Å². The summed E-state index contributed by atoms with van der Waals surface area (Å²) >= 11 is 9.68. The van der Waals surface area contributed by atoms with E-state index in [2.05, 4.69) is 229 Å². The van der Waals surface area contributed by atoms with Crippen molar-refractivity contribution in [2.45, 2.75) is 61.5 Å². The molecule has 0 saturated carbocycles. The molecule has 0 aliphatic carbocycles. The summed E-state index contributed by atoms with van der Waals surface area (Å²) in [4.78, 5) is 8.21. The fraction of sp³-hybridized carbons (Fsp3) is 0.273. The molecular weight excluding hydrogens is 933 g/mol. The van der Waals surface area contributed by atoms with Crippen molar-refractivity contribution in [1.82, 2.24) is 9.97 Å². The lowest BCUT2D eigenvalue weighted by Crippen LogP contribution is -2.35. The van der Waals surface area contributed by atoms with Crippen molar-refractivity contribution < 1.29 is 27.4 Å². The first-order valence-electron chi connectivity index (χ1n) is 21.8. The van der Waals surface area contributed by atoms with E-state index >= 15 is 0 Å². The number of pyridine rings is 2. The highest BCUT2D eigenvalue weighted by atomic mass is 32.2. The third-order valence-corrected chi connectivity index (χ3v) is 14.9. The number of aromatic nitrogens is 8. The number of fused-ring (bicyclic) bond motifs is 1. The third kappa shape index (κ3) is 20.1. The number of thiazole rings is 2. The molecule has 0 atom stereocenters. The predicted octanol–water partition coefficient (Wildman–Crippen LogP) is 9.85. The average molecular weight is 1000 g/mol. The number of para-hydroxylation sites is 1. The van der Waals surface area contributed by atoms with E-state index in [-0.39, 0.29) is 22.3 Å². The molecule has 6 heterocycles. The molecule has 9 aromatic rings. The van der Waals surface area contributed by atoms with Crippen molar-refractivity contribution in [3.8, 4) is 0 Å². The highest BCUT2D eigenvalue weighted by Crippen LogP contribution is 2.12. The molecule has 0 aliphatic rings. The van der Waals surface area contributed by atoms with Crippen LogP contribution in [0.1, 0.15) is 44.5 Å². The van der Waals surface area contributed by atoms with Crippen LogP contribution in [0.15, 0.2) is 205 Å². The fourth-order valence-electron chi connectivity index (χ4n) is 6.83. The molecule has 0 aliphatic heterocycles. The molecule has 6 aromatic heterocycles. The van der Waals surface area contributed by atoms with Gasteiger partial charge in [-0.15, -0.1) is 0 Å². The number of thioether (sulfide) groups is 3. The summed E-state index contributed by atoms with van der Waals surface area (Å²) in [6.45, 7) is 5.79. The molecule has 3 aromatic carbocycles. The van der Waals surface area contributed by atoms with Gasteiger partial charge in [-0.1, -0.05) is 122 Å². The maximum absolute atomic E-state index is 4.11. The van der Waals surface area contributed by atoms with E-state index in [1.165, 1.54) is 67.7 Å². The molecule has 0 N–H and O–H groups in total. The Morgan fingerprint density at radius 1 is 0.382 bits per heavy atom. The van der Waals surface area contributed by atoms with E-state index < -0.39 is 0 Å². The highest BCUT2D eigenvalue weighted by molar-refractivity contribution is 8.04. The lowest BCUT2D eigenvalue weighted by molar-refractivity contribution is -0.692. The Bertz CT molecular complexity index is 2500. The summed E-state index contributed by atoms with van der Waals surface area (Å²) in [6, 6.07) is 40.6. The van der Waals surface area contributed by atoms with Crippen LogP contribution in [0, 0.1) is 0 Å². The average Bonchev–Trinajstić information content (AvgIpc) is 4.09. The van der Waals surface area contributed by atoms with Crippen LogP contribution in [0.4, 0.5) is 0 Å². The Labute approximate surface area is 427 Å². The molecule has 0 unspecified atom stereocenters. The van der Waals surface area contributed by atoms with Crippen LogP contribution in [0.2, 0.25) is 0 Å². The van der Waals surface area contributed by atoms with Crippen molar-refractivity contribution >= 4 is 68.9 Å². The van der Waals surface area contributed by atoms with Crippen molar-refractivity contribution in [3.05, 3.63) is 228 Å². The Morgan fingerprint density at radius 3 is 1.29 bits per heavy atom. The van der Waals surface area contributed by atoms with E-state index in [0.29, 0.717) is 0 Å². The smallest absolute Gasteiger partial charge is 0.233 e. The molecule has 354 valence electrons. The SMILES string of the molecule is C.C.C.c1c[n+](Cc2ccc(C[n+]3ccsc3)cc2)cs1.c1cc[n+](CCSCCSCCSCC[n+]2cccc3ccccc32)cc1.c1cnc[n+](Cc2ccc(C[n+]3cccnc3)cc2)c1. The standard InChI is InChI=1S/C22H28N2S3.C16H16N4.C14H14N2S2.3CH4/c1-4-10-23(11-5-1)13-15-25-17-19-27-20-18-26-16-14-24-12-6-8-21-7-2-3-9-22(21)24;1-7-17-13-19(9-1)11-15-3-5-16(6-4-15)12-20-10-2-8-18-14-20;1-2-14(10-16-6-8-18-12-16)4-3-13(1)9-15-5-7-17-11-15;;;/h1-12H,13-20H2;1-10,13-14H,11-12H2;1-8,11-12H,9-10H2;3*1H4/q3*+2;;;. The molecule has 0 bridgehead atoms. The minimum absolute atomic E-state index is 0. The van der Waals surface area contributed by atoms with Gasteiger partial charge in [0, 0.05) is 75.9 Å².